The molecular weight excluding hydrogens is 547 g/mol. The molecule has 1 aliphatic heterocycles. The normalized spacial score (nSPS) is 21.0. The smallest absolute Gasteiger partial charge is 0.120 e. The molecule has 1 atom stereocenters. The Balaban J connectivity index is 2.09. The molecule has 4 aromatic rings. The van der Waals surface area contributed by atoms with Crippen molar-refractivity contribution in [3.63, 3.8) is 0 Å². The zero-order valence-electron chi connectivity index (χ0n) is 26.0. The molecule has 0 bridgehead atoms. The maximum Gasteiger partial charge on any atom is 0.120 e. The monoisotopic (exact) mass is 593 g/mol. The molecular formula is C35H47NSi4. The van der Waals surface area contributed by atoms with E-state index in [-0.39, 0.29) is 9.82 Å². The van der Waals surface area contributed by atoms with Crippen LogP contribution in [0.25, 0.3) is 0 Å². The first-order valence-corrected chi connectivity index (χ1v) is 27.2. The van der Waals surface area contributed by atoms with E-state index >= 15 is 0 Å². The third-order valence-electron chi connectivity index (χ3n) is 9.99. The van der Waals surface area contributed by atoms with Gasteiger partial charge in [-0.05, 0) is 11.1 Å². The van der Waals surface area contributed by atoms with Crippen molar-refractivity contribution in [3.05, 3.63) is 132 Å². The number of hydrogen-bond acceptors (Lipinski definition) is 1. The predicted molar refractivity (Wildman–Crippen MR) is 186 cm³/mol. The van der Waals surface area contributed by atoms with Crippen molar-refractivity contribution in [2.75, 3.05) is 0 Å². The highest BCUT2D eigenvalue weighted by Gasteiger charge is 2.86. The molecule has 0 amide bonds. The first-order chi connectivity index (χ1) is 18.8. The summed E-state index contributed by atoms with van der Waals surface area (Å²) < 4.78 is 3.33. The minimum absolute atomic E-state index is 0.145. The van der Waals surface area contributed by atoms with Gasteiger partial charge in [0.2, 0.25) is 0 Å². The Morgan fingerprint density at radius 2 is 0.825 bits per heavy atom. The predicted octanol–water partition coefficient (Wildman–Crippen LogP) is 8.34. The molecule has 5 rings (SSSR count). The van der Waals surface area contributed by atoms with Crippen LogP contribution in [-0.4, -0.2) is 36.8 Å². The van der Waals surface area contributed by atoms with E-state index in [1.807, 2.05) is 0 Å². The van der Waals surface area contributed by atoms with Crippen molar-refractivity contribution >= 4 is 43.0 Å². The van der Waals surface area contributed by atoms with Crippen LogP contribution in [0.2, 0.25) is 63.2 Å². The number of rotatable bonds is 7. The Labute approximate surface area is 247 Å². The third kappa shape index (κ3) is 3.71. The molecule has 0 N–H and O–H groups in total. The van der Waals surface area contributed by atoms with Crippen LogP contribution < -0.4 is 10.4 Å². The number of nitrogens with zero attached hydrogens (tertiary/aromatic N) is 1. The van der Waals surface area contributed by atoms with Gasteiger partial charge in [0.05, 0.1) is 13.6 Å². The zero-order valence-corrected chi connectivity index (χ0v) is 30.0. The van der Waals surface area contributed by atoms with Gasteiger partial charge < -0.3 is 4.23 Å². The fraction of sp³-hybridized carbons (Fsp3) is 0.314. The third-order valence-corrected chi connectivity index (χ3v) is 37.6. The van der Waals surface area contributed by atoms with Gasteiger partial charge in [0.25, 0.3) is 0 Å². The summed E-state index contributed by atoms with van der Waals surface area (Å²) in [6.07, 6.45) is 0. The molecule has 0 saturated carbocycles. The maximum absolute atomic E-state index is 3.19. The van der Waals surface area contributed by atoms with Gasteiger partial charge in [0.15, 0.2) is 0 Å². The van der Waals surface area contributed by atoms with Crippen LogP contribution in [0.3, 0.4) is 0 Å². The average Bonchev–Trinajstić information content (AvgIpc) is 2.92. The molecule has 1 aliphatic rings. The first kappa shape index (κ1) is 29.2. The molecule has 40 heavy (non-hydrogen) atoms. The number of benzene rings is 4. The summed E-state index contributed by atoms with van der Waals surface area (Å²) in [7, 11) is -8.37. The van der Waals surface area contributed by atoms with E-state index in [4.69, 9.17) is 0 Å². The second-order valence-corrected chi connectivity index (χ2v) is 34.8. The molecule has 0 aliphatic carbocycles. The van der Waals surface area contributed by atoms with Crippen molar-refractivity contribution < 1.29 is 0 Å². The lowest BCUT2D eigenvalue weighted by Crippen LogP contribution is -2.99. The van der Waals surface area contributed by atoms with E-state index in [0.717, 1.165) is 0 Å². The topological polar surface area (TPSA) is 3.24 Å². The van der Waals surface area contributed by atoms with Gasteiger partial charge >= 0.3 is 0 Å². The highest BCUT2D eigenvalue weighted by atomic mass is 28.5. The summed E-state index contributed by atoms with van der Waals surface area (Å²) >= 11 is 0. The lowest BCUT2D eigenvalue weighted by molar-refractivity contribution is 0.226. The van der Waals surface area contributed by atoms with Crippen LogP contribution in [0.4, 0.5) is 0 Å². The van der Waals surface area contributed by atoms with Gasteiger partial charge in [-0.25, -0.2) is 0 Å². The van der Waals surface area contributed by atoms with Gasteiger partial charge in [-0.1, -0.05) is 191 Å². The molecule has 4 aromatic carbocycles. The summed E-state index contributed by atoms with van der Waals surface area (Å²) in [5.41, 5.74) is 2.79. The Hall–Kier alpha value is -2.29. The molecule has 1 unspecified atom stereocenters. The largest absolute Gasteiger partial charge is 0.333 e. The van der Waals surface area contributed by atoms with E-state index in [1.54, 1.807) is 10.4 Å². The molecule has 208 valence electrons. The van der Waals surface area contributed by atoms with Crippen LogP contribution in [0.15, 0.2) is 121 Å². The molecule has 0 spiro atoms. The van der Waals surface area contributed by atoms with Crippen LogP contribution >= 0.6 is 0 Å². The van der Waals surface area contributed by atoms with Crippen molar-refractivity contribution in [3.8, 4) is 0 Å². The summed E-state index contributed by atoms with van der Waals surface area (Å²) in [5.74, 6) is 0. The van der Waals surface area contributed by atoms with Gasteiger partial charge in [-0.3, -0.25) is 0 Å². The van der Waals surface area contributed by atoms with E-state index in [9.17, 15) is 0 Å². The minimum Gasteiger partial charge on any atom is -0.333 e. The van der Waals surface area contributed by atoms with Crippen molar-refractivity contribution in [2.45, 2.75) is 68.7 Å². The molecule has 1 nitrogen and oxygen atoms in total. The van der Waals surface area contributed by atoms with Gasteiger partial charge in [-0.15, -0.1) is 0 Å². The molecule has 0 radical (unpaired) electrons. The Morgan fingerprint density at radius 1 is 0.500 bits per heavy atom. The molecule has 1 fully saturated rings. The molecule has 5 heteroatoms. The SMILES string of the molecule is C[Si](C)(C)N1C(c2ccccc2)(c2ccccc2)C([Si](C)(C)C)([Si](C)(c2ccccc2)c2ccccc2)[Si]1(C)C. The second-order valence-electron chi connectivity index (χ2n) is 14.4. The Bertz CT molecular complexity index is 1360. The van der Waals surface area contributed by atoms with E-state index in [1.165, 1.54) is 11.1 Å². The first-order valence-electron chi connectivity index (χ1n) is 14.8. The van der Waals surface area contributed by atoms with E-state index < -0.39 is 32.6 Å². The van der Waals surface area contributed by atoms with E-state index in [0.29, 0.717) is 0 Å². The average molecular weight is 594 g/mol. The zero-order chi connectivity index (χ0) is 29.0. The summed E-state index contributed by atoms with van der Waals surface area (Å²) in [6.45, 7) is 24.2. The quantitative estimate of drug-likeness (QED) is 0.195. The van der Waals surface area contributed by atoms with Crippen LogP contribution in [-0.2, 0) is 5.54 Å². The Morgan fingerprint density at radius 3 is 1.12 bits per heavy atom. The molecule has 0 aromatic heterocycles. The van der Waals surface area contributed by atoms with E-state index in [2.05, 4.69) is 184 Å². The van der Waals surface area contributed by atoms with Gasteiger partial charge in [0, 0.05) is 4.28 Å². The van der Waals surface area contributed by atoms with Crippen LogP contribution in [0.1, 0.15) is 11.1 Å². The second kappa shape index (κ2) is 9.91. The van der Waals surface area contributed by atoms with Crippen molar-refractivity contribution in [1.82, 2.24) is 4.23 Å². The minimum atomic E-state index is -2.46. The van der Waals surface area contributed by atoms with Gasteiger partial charge in [0.1, 0.15) is 24.5 Å². The summed E-state index contributed by atoms with van der Waals surface area (Å²) in [4.78, 5) is 0. The van der Waals surface area contributed by atoms with Crippen LogP contribution in [0.5, 0.6) is 0 Å². The van der Waals surface area contributed by atoms with Crippen molar-refractivity contribution in [2.24, 2.45) is 0 Å². The van der Waals surface area contributed by atoms with Gasteiger partial charge in [-0.2, -0.15) is 0 Å². The highest BCUT2D eigenvalue weighted by Crippen LogP contribution is 2.77. The fourth-order valence-corrected chi connectivity index (χ4v) is 48.8. The summed E-state index contributed by atoms with van der Waals surface area (Å²) in [5, 5.41) is 3.16. The number of hydrogen-bond donors (Lipinski definition) is 0. The highest BCUT2D eigenvalue weighted by molar-refractivity contribution is 7.26. The lowest BCUT2D eigenvalue weighted by atomic mass is 9.84. The Kier molecular flexibility index (Phi) is 7.24. The maximum atomic E-state index is 3.19. The standard InChI is InChI=1S/C35H47NSi4/c1-37(2,3)35(40(9,32-26-18-12-19-27-32)33-28-20-13-21-29-33)34(30-22-14-10-15-23-30,31-24-16-11-17-25-31)36(38(4,5)6)39(35,7)8/h10-29H,1-9H3. The fourth-order valence-electron chi connectivity index (χ4n) is 10.0. The molecule has 1 heterocycles. The lowest BCUT2D eigenvalue weighted by Gasteiger charge is -2.86. The van der Waals surface area contributed by atoms with Crippen LogP contribution in [0, 0.1) is 0 Å². The van der Waals surface area contributed by atoms with Crippen molar-refractivity contribution in [1.29, 1.82) is 0 Å². The summed E-state index contributed by atoms with van der Waals surface area (Å²) in [6, 6.07) is 46.8. The molecule has 1 saturated heterocycles.